The molecule has 14 heteroatoms. The smallest absolute Gasteiger partial charge is 0.348 e. The number of ether oxygens (including phenoxy) is 4. The maximum atomic E-state index is 13.4. The molecule has 0 bridgehead atoms. The highest BCUT2D eigenvalue weighted by atomic mass is 32.1. The predicted molar refractivity (Wildman–Crippen MR) is 177 cm³/mol. The largest absolute Gasteiger partial charge is 0.493 e. The van der Waals surface area contributed by atoms with Gasteiger partial charge < -0.3 is 39.0 Å². The van der Waals surface area contributed by atoms with Gasteiger partial charge in [-0.1, -0.05) is 0 Å². The minimum atomic E-state index is -0.411. The van der Waals surface area contributed by atoms with Gasteiger partial charge in [-0.25, -0.2) is 4.79 Å². The third-order valence-electron chi connectivity index (χ3n) is 8.11. The highest BCUT2D eigenvalue weighted by molar-refractivity contribution is 7.20. The molecule has 4 heterocycles. The monoisotopic (exact) mass is 659 g/mol. The van der Waals surface area contributed by atoms with Crippen molar-refractivity contribution in [2.75, 3.05) is 45.1 Å². The number of thiophene rings is 1. The number of benzene rings is 2. The van der Waals surface area contributed by atoms with Crippen LogP contribution in [0.3, 0.4) is 0 Å². The Balaban J connectivity index is 1.03. The van der Waals surface area contributed by atoms with Gasteiger partial charge in [0.05, 0.1) is 50.4 Å². The normalized spacial score (nSPS) is 17.0. The van der Waals surface area contributed by atoms with Crippen molar-refractivity contribution in [1.29, 1.82) is 0 Å². The van der Waals surface area contributed by atoms with Crippen LogP contribution in [0, 0.1) is 0 Å². The van der Waals surface area contributed by atoms with Crippen LogP contribution in [0.15, 0.2) is 53.7 Å². The predicted octanol–water partition coefficient (Wildman–Crippen LogP) is 4.64. The summed E-state index contributed by atoms with van der Waals surface area (Å²) in [6.45, 7) is 0.250. The molecule has 0 saturated carbocycles. The second kappa shape index (κ2) is 13.3. The summed E-state index contributed by atoms with van der Waals surface area (Å²) in [6.07, 6.45) is 4.17. The van der Waals surface area contributed by atoms with Gasteiger partial charge in [0.2, 0.25) is 5.91 Å². The number of aromatic nitrogens is 1. The summed E-state index contributed by atoms with van der Waals surface area (Å²) >= 11 is 1.31. The Morgan fingerprint density at radius 1 is 1.00 bits per heavy atom. The molecule has 0 aliphatic carbocycles. The standard InChI is InChI=1S/C33H33N5O8S/c1-37-16-20(11-25(37)31(40)36-19-5-6-28-18(9-19)10-29(47-28)33(42)45-4)35-30(39)17-46-22-7-8-38-21(12-22)15-34-24-14-27(44-3)26(43-2)13-23(24)32(38)41/h5-6,9-11,13-16,21-22H,7-8,12,17H2,1-4H3,(H,35,39)(H,36,40)/t21-,22+/m0/s1. The first-order valence-corrected chi connectivity index (χ1v) is 15.6. The number of aryl methyl sites for hydroxylation is 1. The van der Waals surface area contributed by atoms with E-state index in [4.69, 9.17) is 18.9 Å². The van der Waals surface area contributed by atoms with Crippen molar-refractivity contribution in [1.82, 2.24) is 9.47 Å². The van der Waals surface area contributed by atoms with E-state index in [-0.39, 0.29) is 36.5 Å². The molecule has 4 aromatic rings. The van der Waals surface area contributed by atoms with Crippen LogP contribution in [0.2, 0.25) is 0 Å². The summed E-state index contributed by atoms with van der Waals surface area (Å²) in [5.41, 5.74) is 2.29. The molecule has 2 atom stereocenters. The van der Waals surface area contributed by atoms with Crippen molar-refractivity contribution in [3.63, 3.8) is 0 Å². The van der Waals surface area contributed by atoms with Crippen molar-refractivity contribution in [2.24, 2.45) is 12.0 Å². The van der Waals surface area contributed by atoms with Gasteiger partial charge in [0.15, 0.2) is 11.5 Å². The molecule has 2 aromatic carbocycles. The van der Waals surface area contributed by atoms with Gasteiger partial charge >= 0.3 is 5.97 Å². The van der Waals surface area contributed by atoms with Crippen molar-refractivity contribution >= 4 is 68.4 Å². The fourth-order valence-electron chi connectivity index (χ4n) is 5.74. The molecule has 1 fully saturated rings. The maximum Gasteiger partial charge on any atom is 0.348 e. The van der Waals surface area contributed by atoms with Crippen molar-refractivity contribution in [3.05, 3.63) is 64.8 Å². The van der Waals surface area contributed by atoms with Gasteiger partial charge in [-0.15, -0.1) is 11.3 Å². The highest BCUT2D eigenvalue weighted by Crippen LogP contribution is 2.38. The fourth-order valence-corrected chi connectivity index (χ4v) is 6.70. The summed E-state index contributed by atoms with van der Waals surface area (Å²) in [5, 5.41) is 6.46. The number of anilines is 2. The van der Waals surface area contributed by atoms with Crippen LogP contribution in [0.25, 0.3) is 10.1 Å². The zero-order chi connectivity index (χ0) is 33.2. The molecule has 3 amide bonds. The van der Waals surface area contributed by atoms with Crippen LogP contribution in [-0.4, -0.2) is 86.0 Å². The molecular formula is C33H33N5O8S. The highest BCUT2D eigenvalue weighted by Gasteiger charge is 2.35. The minimum Gasteiger partial charge on any atom is -0.493 e. The molecule has 0 unspecified atom stereocenters. The minimum absolute atomic E-state index is 0.150. The Hall–Kier alpha value is -5.21. The molecule has 1 saturated heterocycles. The number of carbonyl (C=O) groups excluding carboxylic acids is 4. The fraction of sp³-hybridized carbons (Fsp3) is 0.303. The average Bonchev–Trinajstić information content (AvgIpc) is 3.64. The number of methoxy groups -OCH3 is 3. The number of nitrogens with one attached hydrogen (secondary N) is 2. The quantitative estimate of drug-likeness (QED) is 0.247. The lowest BCUT2D eigenvalue weighted by molar-refractivity contribution is -0.123. The Morgan fingerprint density at radius 3 is 2.55 bits per heavy atom. The molecule has 47 heavy (non-hydrogen) atoms. The molecule has 2 aromatic heterocycles. The molecule has 13 nitrogen and oxygen atoms in total. The van der Waals surface area contributed by atoms with Gasteiger partial charge in [-0.2, -0.15) is 0 Å². The van der Waals surface area contributed by atoms with Crippen LogP contribution in [0.1, 0.15) is 43.4 Å². The van der Waals surface area contributed by atoms with Crippen LogP contribution < -0.4 is 20.1 Å². The van der Waals surface area contributed by atoms with E-state index < -0.39 is 5.97 Å². The number of carbonyl (C=O) groups is 4. The number of fused-ring (bicyclic) bond motifs is 3. The molecule has 2 aliphatic rings. The van der Waals surface area contributed by atoms with E-state index in [1.807, 2.05) is 6.07 Å². The molecule has 2 N–H and O–H groups in total. The lowest BCUT2D eigenvalue weighted by atomic mass is 9.99. The van der Waals surface area contributed by atoms with Gasteiger partial charge in [0.25, 0.3) is 11.8 Å². The third-order valence-corrected chi connectivity index (χ3v) is 9.20. The van der Waals surface area contributed by atoms with E-state index in [1.165, 1.54) is 32.7 Å². The Morgan fingerprint density at radius 2 is 1.79 bits per heavy atom. The number of piperidine rings is 1. The molecule has 0 radical (unpaired) electrons. The van der Waals surface area contributed by atoms with E-state index in [2.05, 4.69) is 15.6 Å². The topological polar surface area (TPSA) is 150 Å². The van der Waals surface area contributed by atoms with Crippen LogP contribution >= 0.6 is 11.3 Å². The number of aliphatic imine (C=N–C) groups is 1. The Labute approximate surface area is 274 Å². The summed E-state index contributed by atoms with van der Waals surface area (Å²) in [6, 6.07) is 11.7. The van der Waals surface area contributed by atoms with Crippen LogP contribution in [0.5, 0.6) is 11.5 Å². The summed E-state index contributed by atoms with van der Waals surface area (Å²) in [4.78, 5) is 57.9. The van der Waals surface area contributed by atoms with Gasteiger partial charge in [-0.05, 0) is 54.6 Å². The molecular weight excluding hydrogens is 626 g/mol. The van der Waals surface area contributed by atoms with Crippen molar-refractivity contribution in [2.45, 2.75) is 25.0 Å². The van der Waals surface area contributed by atoms with Crippen molar-refractivity contribution < 1.29 is 38.1 Å². The van der Waals surface area contributed by atoms with Crippen LogP contribution in [0.4, 0.5) is 17.1 Å². The maximum absolute atomic E-state index is 13.4. The number of esters is 1. The second-order valence-electron chi connectivity index (χ2n) is 11.1. The lowest BCUT2D eigenvalue weighted by Crippen LogP contribution is -2.48. The number of rotatable bonds is 9. The van der Waals surface area contributed by atoms with E-state index in [0.717, 1.165) is 10.1 Å². The van der Waals surface area contributed by atoms with E-state index >= 15 is 0 Å². The SMILES string of the molecule is COC(=O)c1cc2cc(NC(=O)c3cc(NC(=O)CO[C@@H]4CCN5C(=O)c6cc(OC)c(OC)cc6N=C[C@@H]5C4)cn3C)ccc2s1. The molecule has 0 spiro atoms. The average molecular weight is 660 g/mol. The number of amides is 3. The summed E-state index contributed by atoms with van der Waals surface area (Å²) < 4.78 is 24.0. The number of hydrogen-bond acceptors (Lipinski definition) is 10. The van der Waals surface area contributed by atoms with Crippen molar-refractivity contribution in [3.8, 4) is 11.5 Å². The van der Waals surface area contributed by atoms with Gasteiger partial charge in [0, 0.05) is 42.5 Å². The van der Waals surface area contributed by atoms with Gasteiger partial charge in [0.1, 0.15) is 17.2 Å². The lowest BCUT2D eigenvalue weighted by Gasteiger charge is -2.36. The van der Waals surface area contributed by atoms with E-state index in [0.29, 0.717) is 64.1 Å². The number of hydrogen-bond donors (Lipinski definition) is 2. The molecule has 2 aliphatic heterocycles. The first-order valence-electron chi connectivity index (χ1n) is 14.8. The molecule has 244 valence electrons. The summed E-state index contributed by atoms with van der Waals surface area (Å²) in [5.74, 6) is -0.350. The first kappa shape index (κ1) is 31.8. The first-order chi connectivity index (χ1) is 22.7. The third kappa shape index (κ3) is 6.55. The number of nitrogens with zero attached hydrogens (tertiary/aromatic N) is 3. The summed E-state index contributed by atoms with van der Waals surface area (Å²) in [7, 11) is 6.09. The Kier molecular flexibility index (Phi) is 8.96. The van der Waals surface area contributed by atoms with Crippen LogP contribution in [-0.2, 0) is 21.3 Å². The zero-order valence-corrected chi connectivity index (χ0v) is 27.0. The zero-order valence-electron chi connectivity index (χ0n) is 26.2. The van der Waals surface area contributed by atoms with E-state index in [1.54, 1.807) is 65.3 Å². The second-order valence-corrected chi connectivity index (χ2v) is 12.2. The Bertz CT molecular complexity index is 1910. The van der Waals surface area contributed by atoms with E-state index in [9.17, 15) is 19.2 Å². The molecule has 6 rings (SSSR count). The van der Waals surface area contributed by atoms with Gasteiger partial charge in [-0.3, -0.25) is 19.4 Å².